The Morgan fingerprint density at radius 2 is 1.59 bits per heavy atom. The molecule has 0 radical (unpaired) electrons. The lowest BCUT2D eigenvalue weighted by molar-refractivity contribution is -0.150. The molecule has 4 rings (SSSR count). The molecule has 34 heavy (non-hydrogen) atoms. The summed E-state index contributed by atoms with van der Waals surface area (Å²) in [7, 11) is -4.41. The van der Waals surface area contributed by atoms with Crippen LogP contribution in [-0.2, 0) is 35.3 Å². The fourth-order valence-electron chi connectivity index (χ4n) is 5.57. The minimum atomic E-state index is -4.41. The normalized spacial score (nSPS) is 28.1. The summed E-state index contributed by atoms with van der Waals surface area (Å²) in [6.07, 6.45) is 1.17. The van der Waals surface area contributed by atoms with Crippen LogP contribution in [0.2, 0.25) is 0 Å². The molecule has 2 fully saturated rings. The highest BCUT2D eigenvalue weighted by Gasteiger charge is 2.70. The van der Waals surface area contributed by atoms with Crippen molar-refractivity contribution in [1.29, 1.82) is 0 Å². The molecule has 0 bridgehead atoms. The van der Waals surface area contributed by atoms with E-state index in [1.165, 1.54) is 0 Å². The Morgan fingerprint density at radius 1 is 0.971 bits per heavy atom. The first kappa shape index (κ1) is 24.4. The fourth-order valence-corrected chi connectivity index (χ4v) is 8.29. The molecule has 4 atom stereocenters. The van der Waals surface area contributed by atoms with Gasteiger partial charge in [-0.15, -0.1) is 0 Å². The highest BCUT2D eigenvalue weighted by atomic mass is 32.2. The molecule has 0 saturated carbocycles. The van der Waals surface area contributed by atoms with Gasteiger partial charge in [0.25, 0.3) is 0 Å². The summed E-state index contributed by atoms with van der Waals surface area (Å²) in [5.41, 5.74) is 1.42. The Morgan fingerprint density at radius 3 is 2.21 bits per heavy atom. The van der Waals surface area contributed by atoms with Crippen molar-refractivity contribution in [1.82, 2.24) is 4.90 Å². The number of hydrogen-bond donors (Lipinski definition) is 0. The largest absolute Gasteiger partial charge is 0.465 e. The second-order valence-electron chi connectivity index (χ2n) is 8.74. The molecule has 0 spiro atoms. The molecule has 7 nitrogen and oxygen atoms in total. The molecule has 182 valence electrons. The number of sulfone groups is 1. The molecule has 2 saturated heterocycles. The lowest BCUT2D eigenvalue weighted by atomic mass is 9.87. The van der Waals surface area contributed by atoms with Crippen LogP contribution in [-0.4, -0.2) is 61.1 Å². The van der Waals surface area contributed by atoms with Crippen molar-refractivity contribution in [3.05, 3.63) is 71.8 Å². The van der Waals surface area contributed by atoms with E-state index in [1.807, 2.05) is 53.4 Å². The van der Waals surface area contributed by atoms with Gasteiger partial charge in [-0.25, -0.2) is 8.42 Å². The van der Waals surface area contributed by atoms with E-state index in [0.29, 0.717) is 24.1 Å². The van der Waals surface area contributed by atoms with Crippen LogP contribution in [0.25, 0.3) is 0 Å². The molecule has 0 unspecified atom stereocenters. The maximum absolute atomic E-state index is 14.6. The number of ether oxygens (including phenoxy) is 2. The van der Waals surface area contributed by atoms with Crippen molar-refractivity contribution in [2.24, 2.45) is 0 Å². The van der Waals surface area contributed by atoms with Gasteiger partial charge >= 0.3 is 11.9 Å². The van der Waals surface area contributed by atoms with Crippen LogP contribution in [0.5, 0.6) is 0 Å². The zero-order valence-electron chi connectivity index (χ0n) is 19.6. The van der Waals surface area contributed by atoms with Crippen molar-refractivity contribution in [2.45, 2.75) is 55.2 Å². The van der Waals surface area contributed by atoms with Crippen molar-refractivity contribution in [3.63, 3.8) is 0 Å². The first-order valence-corrected chi connectivity index (χ1v) is 13.3. The number of nitrogens with zero attached hydrogens (tertiary/aromatic N) is 1. The van der Waals surface area contributed by atoms with Gasteiger partial charge in [-0.1, -0.05) is 60.7 Å². The third-order valence-corrected chi connectivity index (χ3v) is 9.63. The van der Waals surface area contributed by atoms with Gasteiger partial charge in [-0.3, -0.25) is 14.5 Å². The summed E-state index contributed by atoms with van der Waals surface area (Å²) in [5, 5.41) is -1.54. The molecule has 0 amide bonds. The van der Waals surface area contributed by atoms with E-state index in [0.717, 1.165) is 6.42 Å². The molecule has 2 aromatic rings. The van der Waals surface area contributed by atoms with Crippen LogP contribution in [0, 0.1) is 0 Å². The number of rotatable bonds is 7. The molecule has 8 heteroatoms. The first-order chi connectivity index (χ1) is 16.4. The number of carbonyl (C=O) groups excluding carboxylic acids is 2. The second kappa shape index (κ2) is 9.88. The molecular formula is C26H31NO6S. The molecular weight excluding hydrogens is 454 g/mol. The Labute approximate surface area is 201 Å². The Hall–Kier alpha value is -2.71. The predicted molar refractivity (Wildman–Crippen MR) is 128 cm³/mol. The highest BCUT2D eigenvalue weighted by molar-refractivity contribution is 7.95. The molecule has 2 aromatic carbocycles. The van der Waals surface area contributed by atoms with Gasteiger partial charge < -0.3 is 9.47 Å². The summed E-state index contributed by atoms with van der Waals surface area (Å²) in [6, 6.07) is 16.9. The maximum atomic E-state index is 14.6. The molecule has 2 aliphatic heterocycles. The first-order valence-electron chi connectivity index (χ1n) is 11.8. The van der Waals surface area contributed by atoms with Crippen LogP contribution < -0.4 is 0 Å². The van der Waals surface area contributed by atoms with Crippen LogP contribution in [0.15, 0.2) is 60.7 Å². The smallest absolute Gasteiger partial charge is 0.329 e. The fraction of sp³-hybridized carbons (Fsp3) is 0.462. The molecule has 0 N–H and O–H groups in total. The van der Waals surface area contributed by atoms with Gasteiger partial charge in [0.15, 0.2) is 19.8 Å². The summed E-state index contributed by atoms with van der Waals surface area (Å²) in [6.45, 7) is 3.97. The standard InChI is InChI=1S/C26H31NO6S/c1-3-32-24(28)23-22(20-14-9-6-10-15-20)27-17-11-16-21(27)26(34(23,30)31,25(29)33-4-2)18-19-12-7-5-8-13-19/h5-10,12-15,21-23H,3-4,11,16-18H2,1-2H3/t21-,22+,23-,26-/m0/s1. The highest BCUT2D eigenvalue weighted by Crippen LogP contribution is 2.50. The predicted octanol–water partition coefficient (Wildman–Crippen LogP) is 3.10. The summed E-state index contributed by atoms with van der Waals surface area (Å²) in [5.74, 6) is -1.62. The number of fused-ring (bicyclic) bond motifs is 1. The summed E-state index contributed by atoms with van der Waals surface area (Å²) >= 11 is 0. The maximum Gasteiger partial charge on any atom is 0.329 e. The number of benzene rings is 2. The van der Waals surface area contributed by atoms with Crippen molar-refractivity contribution < 1.29 is 27.5 Å². The van der Waals surface area contributed by atoms with Gasteiger partial charge in [0.1, 0.15) is 0 Å². The van der Waals surface area contributed by atoms with E-state index in [2.05, 4.69) is 0 Å². The SMILES string of the molecule is CCOC(=O)[C@@H]1[C@@H](c2ccccc2)N2CCC[C@H]2[C@@](Cc2ccccc2)(C(=O)OCC)S1(=O)=O. The Bertz CT molecular complexity index is 1120. The Kier molecular flexibility index (Phi) is 7.09. The summed E-state index contributed by atoms with van der Waals surface area (Å²) < 4.78 is 38.0. The number of esters is 2. The van der Waals surface area contributed by atoms with E-state index in [1.54, 1.807) is 26.0 Å². The molecule has 0 aliphatic carbocycles. The third kappa shape index (κ3) is 3.92. The number of hydrogen-bond acceptors (Lipinski definition) is 7. The lowest BCUT2D eigenvalue weighted by Gasteiger charge is -2.51. The van der Waals surface area contributed by atoms with E-state index >= 15 is 0 Å². The van der Waals surface area contributed by atoms with E-state index in [-0.39, 0.29) is 19.6 Å². The molecule has 2 aliphatic rings. The van der Waals surface area contributed by atoms with Gasteiger partial charge in [0.05, 0.1) is 19.3 Å². The van der Waals surface area contributed by atoms with E-state index in [9.17, 15) is 18.0 Å². The second-order valence-corrected chi connectivity index (χ2v) is 11.1. The average molecular weight is 486 g/mol. The van der Waals surface area contributed by atoms with E-state index in [4.69, 9.17) is 9.47 Å². The average Bonchev–Trinajstić information content (AvgIpc) is 3.31. The van der Waals surface area contributed by atoms with Gasteiger partial charge in [-0.05, 0) is 44.4 Å². The van der Waals surface area contributed by atoms with Crippen LogP contribution >= 0.6 is 0 Å². The van der Waals surface area contributed by atoms with Gasteiger partial charge in [0.2, 0.25) is 0 Å². The Balaban J connectivity index is 1.96. The zero-order chi connectivity index (χ0) is 24.3. The van der Waals surface area contributed by atoms with Gasteiger partial charge in [0, 0.05) is 12.5 Å². The van der Waals surface area contributed by atoms with Gasteiger partial charge in [-0.2, -0.15) is 0 Å². The van der Waals surface area contributed by atoms with Crippen molar-refractivity contribution in [3.8, 4) is 0 Å². The van der Waals surface area contributed by atoms with Crippen LogP contribution in [0.4, 0.5) is 0 Å². The topological polar surface area (TPSA) is 90.0 Å². The minimum Gasteiger partial charge on any atom is -0.465 e. The summed E-state index contributed by atoms with van der Waals surface area (Å²) in [4.78, 5) is 29.0. The monoisotopic (exact) mass is 485 g/mol. The number of carbonyl (C=O) groups is 2. The quantitative estimate of drug-likeness (QED) is 0.557. The van der Waals surface area contributed by atoms with E-state index < -0.39 is 43.9 Å². The third-order valence-electron chi connectivity index (χ3n) is 6.91. The van der Waals surface area contributed by atoms with Crippen molar-refractivity contribution >= 4 is 21.8 Å². The zero-order valence-corrected chi connectivity index (χ0v) is 20.4. The minimum absolute atomic E-state index is 0.0425. The molecule has 2 heterocycles. The molecule has 0 aromatic heterocycles. The van der Waals surface area contributed by atoms with Crippen LogP contribution in [0.1, 0.15) is 43.9 Å². The van der Waals surface area contributed by atoms with Crippen LogP contribution in [0.3, 0.4) is 0 Å². The van der Waals surface area contributed by atoms with Crippen molar-refractivity contribution in [2.75, 3.05) is 19.8 Å². The lowest BCUT2D eigenvalue weighted by Crippen LogP contribution is -2.71.